The number of ether oxygens (including phenoxy) is 1. The van der Waals surface area contributed by atoms with Crippen molar-refractivity contribution >= 4 is 28.9 Å². The molecule has 28 heavy (non-hydrogen) atoms. The van der Waals surface area contributed by atoms with Gasteiger partial charge in [-0.2, -0.15) is 0 Å². The Hall–Kier alpha value is -2.48. The van der Waals surface area contributed by atoms with E-state index in [-0.39, 0.29) is 28.8 Å². The average Bonchev–Trinajstić information content (AvgIpc) is 2.63. The van der Waals surface area contributed by atoms with E-state index in [9.17, 15) is 14.9 Å². The van der Waals surface area contributed by atoms with Gasteiger partial charge in [0.05, 0.1) is 17.1 Å². The lowest BCUT2D eigenvalue weighted by Gasteiger charge is -2.39. The molecule has 0 radical (unpaired) electrons. The van der Waals surface area contributed by atoms with Gasteiger partial charge in [-0.25, -0.2) is 0 Å². The first kappa shape index (κ1) is 20.3. The van der Waals surface area contributed by atoms with Crippen molar-refractivity contribution in [3.63, 3.8) is 0 Å². The van der Waals surface area contributed by atoms with Gasteiger partial charge >= 0.3 is 0 Å². The van der Waals surface area contributed by atoms with Crippen molar-refractivity contribution in [3.8, 4) is 0 Å². The summed E-state index contributed by atoms with van der Waals surface area (Å²) in [6.45, 7) is 5.17. The van der Waals surface area contributed by atoms with E-state index >= 15 is 0 Å². The Morgan fingerprint density at radius 3 is 2.46 bits per heavy atom. The number of nitro benzene ring substituents is 1. The molecule has 1 saturated heterocycles. The summed E-state index contributed by atoms with van der Waals surface area (Å²) in [5.41, 5.74) is 0.936. The second kappa shape index (κ2) is 8.68. The molecule has 2 aromatic carbocycles. The second-order valence-corrected chi connectivity index (χ2v) is 7.34. The smallest absolute Gasteiger partial charge is 0.289 e. The van der Waals surface area contributed by atoms with E-state index < -0.39 is 11.0 Å². The number of rotatable bonds is 5. The molecular formula is C20H22ClN3O4. The monoisotopic (exact) mass is 403 g/mol. The van der Waals surface area contributed by atoms with Crippen LogP contribution in [0.5, 0.6) is 0 Å². The number of nitrogens with zero attached hydrogens (tertiary/aromatic N) is 2. The number of hydrogen-bond donors (Lipinski definition) is 1. The highest BCUT2D eigenvalue weighted by molar-refractivity contribution is 6.32. The molecule has 3 rings (SSSR count). The fourth-order valence-corrected chi connectivity index (χ4v) is 3.72. The third-order valence-corrected chi connectivity index (χ3v) is 4.91. The fourth-order valence-electron chi connectivity index (χ4n) is 3.53. The van der Waals surface area contributed by atoms with Crippen LogP contribution in [-0.2, 0) is 9.53 Å². The summed E-state index contributed by atoms with van der Waals surface area (Å²) >= 11 is 5.86. The largest absolute Gasteiger partial charge is 0.373 e. The number of hydrogen-bond acceptors (Lipinski definition) is 5. The van der Waals surface area contributed by atoms with Gasteiger partial charge in [0.25, 0.3) is 5.69 Å². The van der Waals surface area contributed by atoms with E-state index in [1.807, 2.05) is 44.2 Å². The van der Waals surface area contributed by atoms with Gasteiger partial charge in [0, 0.05) is 24.8 Å². The van der Waals surface area contributed by atoms with Crippen molar-refractivity contribution in [2.24, 2.45) is 0 Å². The summed E-state index contributed by atoms with van der Waals surface area (Å²) < 4.78 is 5.79. The molecule has 1 aliphatic rings. The predicted octanol–water partition coefficient (Wildman–Crippen LogP) is 4.04. The summed E-state index contributed by atoms with van der Waals surface area (Å²) in [7, 11) is 0. The number of benzene rings is 2. The van der Waals surface area contributed by atoms with Gasteiger partial charge < -0.3 is 10.1 Å². The molecule has 0 bridgehead atoms. The normalized spacial score (nSPS) is 21.1. The lowest BCUT2D eigenvalue weighted by Crippen LogP contribution is -2.49. The highest BCUT2D eigenvalue weighted by Gasteiger charge is 2.33. The molecule has 8 heteroatoms. The predicted molar refractivity (Wildman–Crippen MR) is 108 cm³/mol. The minimum absolute atomic E-state index is 0.000573. The first-order chi connectivity index (χ1) is 13.3. The first-order valence-electron chi connectivity index (χ1n) is 9.04. The molecule has 1 N–H and O–H groups in total. The second-order valence-electron chi connectivity index (χ2n) is 6.94. The van der Waals surface area contributed by atoms with Gasteiger partial charge in [-0.1, -0.05) is 41.9 Å². The fraction of sp³-hybridized carbons (Fsp3) is 0.350. The van der Waals surface area contributed by atoms with E-state index in [0.29, 0.717) is 18.8 Å². The molecule has 0 saturated carbocycles. The van der Waals surface area contributed by atoms with Crippen molar-refractivity contribution < 1.29 is 14.5 Å². The molecule has 1 fully saturated rings. The zero-order valence-corrected chi connectivity index (χ0v) is 16.4. The van der Waals surface area contributed by atoms with E-state index in [1.54, 1.807) is 6.07 Å². The maximum atomic E-state index is 13.2. The lowest BCUT2D eigenvalue weighted by molar-refractivity contribution is -0.384. The zero-order valence-electron chi connectivity index (χ0n) is 15.7. The Labute approximate surface area is 168 Å². The topological polar surface area (TPSA) is 84.7 Å². The minimum atomic E-state index is -0.571. The quantitative estimate of drug-likeness (QED) is 0.601. The van der Waals surface area contributed by atoms with E-state index in [2.05, 4.69) is 10.2 Å². The number of nitro groups is 1. The number of carbonyl (C=O) groups excluding carboxylic acids is 1. The molecule has 0 spiro atoms. The van der Waals surface area contributed by atoms with Crippen molar-refractivity contribution in [1.29, 1.82) is 0 Å². The van der Waals surface area contributed by atoms with E-state index in [1.165, 1.54) is 12.1 Å². The van der Waals surface area contributed by atoms with Crippen LogP contribution in [0.3, 0.4) is 0 Å². The first-order valence-corrected chi connectivity index (χ1v) is 9.42. The van der Waals surface area contributed by atoms with Gasteiger partial charge in [0.15, 0.2) is 0 Å². The van der Waals surface area contributed by atoms with Crippen LogP contribution >= 0.6 is 11.6 Å². The zero-order chi connectivity index (χ0) is 20.3. The molecule has 2 aromatic rings. The lowest BCUT2D eigenvalue weighted by atomic mass is 10.0. The van der Waals surface area contributed by atoms with Crippen LogP contribution in [-0.4, -0.2) is 41.0 Å². The SMILES string of the molecule is C[C@H]1CN([C@H](C(=O)Nc2ccc(Cl)c([N+](=O)[O-])c2)c2ccccc2)C[C@H](C)O1. The third kappa shape index (κ3) is 4.67. The van der Waals surface area contributed by atoms with Crippen molar-refractivity contribution in [1.82, 2.24) is 4.90 Å². The van der Waals surface area contributed by atoms with Crippen LogP contribution < -0.4 is 5.32 Å². The molecule has 0 aliphatic carbocycles. The molecule has 0 aromatic heterocycles. The van der Waals surface area contributed by atoms with Crippen molar-refractivity contribution in [2.75, 3.05) is 18.4 Å². The Morgan fingerprint density at radius 2 is 1.86 bits per heavy atom. The standard InChI is InChI=1S/C20H22ClN3O4/c1-13-11-23(12-14(2)28-13)19(15-6-4-3-5-7-15)20(25)22-16-8-9-17(21)18(10-16)24(26)27/h3-10,13-14,19H,11-12H2,1-2H3,(H,22,25)/t13-,14-,19-/m0/s1. The molecule has 7 nitrogen and oxygen atoms in total. The molecule has 148 valence electrons. The molecule has 1 heterocycles. The summed E-state index contributed by atoms with van der Waals surface area (Å²) in [4.78, 5) is 25.8. The van der Waals surface area contributed by atoms with Crippen molar-refractivity contribution in [2.45, 2.75) is 32.1 Å². The molecule has 0 unspecified atom stereocenters. The van der Waals surface area contributed by atoms with Crippen LogP contribution in [0, 0.1) is 10.1 Å². The molecular weight excluding hydrogens is 382 g/mol. The summed E-state index contributed by atoms with van der Waals surface area (Å²) in [6.07, 6.45) is -0.00115. The Kier molecular flexibility index (Phi) is 6.28. The van der Waals surface area contributed by atoms with Gasteiger partial charge in [0.2, 0.25) is 5.91 Å². The van der Waals surface area contributed by atoms with E-state index in [4.69, 9.17) is 16.3 Å². The number of amides is 1. The van der Waals surface area contributed by atoms with Crippen LogP contribution in [0.25, 0.3) is 0 Å². The Morgan fingerprint density at radius 1 is 1.21 bits per heavy atom. The van der Waals surface area contributed by atoms with Crippen LogP contribution in [0.4, 0.5) is 11.4 Å². The molecule has 1 amide bonds. The van der Waals surface area contributed by atoms with Crippen molar-refractivity contribution in [3.05, 3.63) is 69.2 Å². The number of carbonyl (C=O) groups is 1. The van der Waals surface area contributed by atoms with E-state index in [0.717, 1.165) is 5.56 Å². The van der Waals surface area contributed by atoms with Crippen LogP contribution in [0.2, 0.25) is 5.02 Å². The summed E-state index contributed by atoms with van der Waals surface area (Å²) in [5, 5.41) is 14.0. The molecule has 1 aliphatic heterocycles. The highest BCUT2D eigenvalue weighted by atomic mass is 35.5. The minimum Gasteiger partial charge on any atom is -0.373 e. The van der Waals surface area contributed by atoms with Crippen LogP contribution in [0.15, 0.2) is 48.5 Å². The van der Waals surface area contributed by atoms with Gasteiger partial charge in [-0.15, -0.1) is 0 Å². The average molecular weight is 404 g/mol. The molecule has 3 atom stereocenters. The maximum Gasteiger partial charge on any atom is 0.289 e. The highest BCUT2D eigenvalue weighted by Crippen LogP contribution is 2.30. The third-order valence-electron chi connectivity index (χ3n) is 4.59. The number of morpholine rings is 1. The summed E-state index contributed by atoms with van der Waals surface area (Å²) in [6, 6.07) is 13.2. The van der Waals surface area contributed by atoms with Gasteiger partial charge in [-0.3, -0.25) is 19.8 Å². The Balaban J connectivity index is 1.89. The van der Waals surface area contributed by atoms with Crippen LogP contribution in [0.1, 0.15) is 25.5 Å². The number of halogens is 1. The number of anilines is 1. The van der Waals surface area contributed by atoms with Gasteiger partial charge in [-0.05, 0) is 31.5 Å². The Bertz CT molecular complexity index is 852. The number of nitrogens with one attached hydrogen (secondary N) is 1. The van der Waals surface area contributed by atoms with Gasteiger partial charge in [0.1, 0.15) is 11.1 Å². The maximum absolute atomic E-state index is 13.2. The summed E-state index contributed by atoms with van der Waals surface area (Å²) in [5.74, 6) is -0.260.